The molecule has 0 saturated carbocycles. The highest BCUT2D eigenvalue weighted by Gasteiger charge is 2.31. The van der Waals surface area contributed by atoms with Crippen molar-refractivity contribution in [1.82, 2.24) is 9.88 Å². The second kappa shape index (κ2) is 6.83. The van der Waals surface area contributed by atoms with Gasteiger partial charge in [0, 0.05) is 37.7 Å². The normalized spacial score (nSPS) is 16.3. The van der Waals surface area contributed by atoms with Crippen molar-refractivity contribution >= 4 is 32.6 Å². The lowest BCUT2D eigenvalue weighted by Crippen LogP contribution is -2.48. The third kappa shape index (κ3) is 3.73. The van der Waals surface area contributed by atoms with Crippen molar-refractivity contribution in [2.75, 3.05) is 32.1 Å². The summed E-state index contributed by atoms with van der Waals surface area (Å²) in [5, 5.41) is 1.06. The van der Waals surface area contributed by atoms with Gasteiger partial charge in [0.25, 0.3) is 0 Å². The van der Waals surface area contributed by atoms with Crippen LogP contribution in [-0.4, -0.2) is 49.1 Å². The molecule has 3 rings (SSSR count). The number of hydrogen-bond donors (Lipinski definition) is 0. The molecule has 0 atom stereocenters. The Morgan fingerprint density at radius 2 is 2.00 bits per heavy atom. The van der Waals surface area contributed by atoms with Crippen LogP contribution in [0.15, 0.2) is 18.2 Å². The molecule has 1 aliphatic heterocycles. The Balaban J connectivity index is 1.67. The van der Waals surface area contributed by atoms with E-state index in [1.165, 1.54) is 4.70 Å². The lowest BCUT2D eigenvalue weighted by Gasteiger charge is -2.38. The average Bonchev–Trinajstić information content (AvgIpc) is 3.02. The molecule has 0 unspecified atom stereocenters. The molecular formula is C19H27N3O2S. The van der Waals surface area contributed by atoms with Crippen LogP contribution in [0.1, 0.15) is 33.6 Å². The first-order chi connectivity index (χ1) is 11.8. The van der Waals surface area contributed by atoms with Crippen LogP contribution < -0.4 is 9.64 Å². The summed E-state index contributed by atoms with van der Waals surface area (Å²) in [6.07, 6.45) is 1.97. The first kappa shape index (κ1) is 18.0. The van der Waals surface area contributed by atoms with Crippen LogP contribution >= 0.6 is 11.3 Å². The number of benzene rings is 1. The summed E-state index contributed by atoms with van der Waals surface area (Å²) in [7, 11) is 3.62. The van der Waals surface area contributed by atoms with E-state index in [0.29, 0.717) is 6.04 Å². The zero-order valence-electron chi connectivity index (χ0n) is 15.7. The van der Waals surface area contributed by atoms with Crippen molar-refractivity contribution in [3.63, 3.8) is 0 Å². The number of piperidine rings is 1. The van der Waals surface area contributed by atoms with Gasteiger partial charge < -0.3 is 14.5 Å². The van der Waals surface area contributed by atoms with Crippen molar-refractivity contribution in [1.29, 1.82) is 0 Å². The van der Waals surface area contributed by atoms with Gasteiger partial charge in [-0.2, -0.15) is 0 Å². The Kier molecular flexibility index (Phi) is 4.91. The second-order valence-corrected chi connectivity index (χ2v) is 8.72. The summed E-state index contributed by atoms with van der Waals surface area (Å²) in [5.74, 6) is 1.06. The van der Waals surface area contributed by atoms with E-state index in [2.05, 4.69) is 11.0 Å². The first-order valence-electron chi connectivity index (χ1n) is 8.76. The number of thiazole rings is 1. The van der Waals surface area contributed by atoms with Crippen LogP contribution in [0.4, 0.5) is 5.13 Å². The molecule has 1 amide bonds. The van der Waals surface area contributed by atoms with E-state index >= 15 is 0 Å². The van der Waals surface area contributed by atoms with Crippen LogP contribution in [0, 0.1) is 5.41 Å². The number of rotatable bonds is 3. The van der Waals surface area contributed by atoms with Crippen molar-refractivity contribution in [3.05, 3.63) is 18.2 Å². The van der Waals surface area contributed by atoms with Gasteiger partial charge in [0.05, 0.1) is 17.3 Å². The predicted molar refractivity (Wildman–Crippen MR) is 104 cm³/mol. The maximum absolute atomic E-state index is 12.5. The molecule has 6 heteroatoms. The summed E-state index contributed by atoms with van der Waals surface area (Å²) >= 11 is 1.72. The maximum atomic E-state index is 12.5. The van der Waals surface area contributed by atoms with Crippen LogP contribution in [0.2, 0.25) is 0 Å². The highest BCUT2D eigenvalue weighted by atomic mass is 32.1. The molecular weight excluding hydrogens is 334 g/mol. The zero-order chi connectivity index (χ0) is 18.2. The van der Waals surface area contributed by atoms with E-state index < -0.39 is 0 Å². The standard InChI is InChI=1S/C19H27N3O2S/c1-19(2,3)17(23)21(4)13-8-10-22(11-9-13)18-20-15-12-14(24-5)6-7-16(15)25-18/h6-7,12-13H,8-11H2,1-5H3. The molecule has 1 aliphatic rings. The van der Waals surface area contributed by atoms with E-state index in [4.69, 9.17) is 9.72 Å². The number of carbonyl (C=O) groups excluding carboxylic acids is 1. The van der Waals surface area contributed by atoms with Crippen LogP contribution in [0.3, 0.4) is 0 Å². The number of amides is 1. The predicted octanol–water partition coefficient (Wildman–Crippen LogP) is 3.78. The SMILES string of the molecule is COc1ccc2sc(N3CCC(N(C)C(=O)C(C)(C)C)CC3)nc2c1. The highest BCUT2D eigenvalue weighted by molar-refractivity contribution is 7.22. The van der Waals surface area contributed by atoms with Gasteiger partial charge >= 0.3 is 0 Å². The summed E-state index contributed by atoms with van der Waals surface area (Å²) in [4.78, 5) is 21.5. The Hall–Kier alpha value is -1.82. The third-order valence-corrected chi connectivity index (χ3v) is 5.93. The molecule has 1 saturated heterocycles. The lowest BCUT2D eigenvalue weighted by atomic mass is 9.93. The minimum Gasteiger partial charge on any atom is -0.497 e. The fraction of sp³-hybridized carbons (Fsp3) is 0.579. The quantitative estimate of drug-likeness (QED) is 0.835. The lowest BCUT2D eigenvalue weighted by molar-refractivity contribution is -0.140. The molecule has 0 bridgehead atoms. The molecule has 0 aliphatic carbocycles. The molecule has 1 aromatic heterocycles. The van der Waals surface area contributed by atoms with Crippen LogP contribution in [-0.2, 0) is 4.79 Å². The van der Waals surface area contributed by atoms with E-state index in [0.717, 1.165) is 42.3 Å². The minimum atomic E-state index is -0.321. The fourth-order valence-electron chi connectivity index (χ4n) is 3.30. The monoisotopic (exact) mass is 361 g/mol. The summed E-state index contributed by atoms with van der Waals surface area (Å²) in [5.41, 5.74) is 0.666. The molecule has 2 heterocycles. The van der Waals surface area contributed by atoms with Crippen molar-refractivity contribution < 1.29 is 9.53 Å². The number of hydrogen-bond acceptors (Lipinski definition) is 5. The molecule has 2 aromatic rings. The van der Waals surface area contributed by atoms with E-state index in [1.807, 2.05) is 44.9 Å². The van der Waals surface area contributed by atoms with Gasteiger partial charge in [-0.05, 0) is 25.0 Å². The maximum Gasteiger partial charge on any atom is 0.227 e. The Bertz CT molecular complexity index is 758. The molecule has 25 heavy (non-hydrogen) atoms. The molecule has 1 aromatic carbocycles. The Morgan fingerprint density at radius 3 is 2.60 bits per heavy atom. The van der Waals surface area contributed by atoms with Gasteiger partial charge in [0.1, 0.15) is 5.75 Å². The number of methoxy groups -OCH3 is 1. The van der Waals surface area contributed by atoms with E-state index in [9.17, 15) is 4.79 Å². The van der Waals surface area contributed by atoms with Crippen molar-refractivity contribution in [3.8, 4) is 5.75 Å². The number of fused-ring (bicyclic) bond motifs is 1. The molecule has 136 valence electrons. The van der Waals surface area contributed by atoms with Crippen LogP contribution in [0.25, 0.3) is 10.2 Å². The minimum absolute atomic E-state index is 0.220. The first-order valence-corrected chi connectivity index (χ1v) is 9.58. The Labute approximate surface area is 153 Å². The van der Waals surface area contributed by atoms with Gasteiger partial charge in [-0.3, -0.25) is 4.79 Å². The second-order valence-electron chi connectivity index (χ2n) is 7.71. The highest BCUT2D eigenvalue weighted by Crippen LogP contribution is 2.33. The number of ether oxygens (including phenoxy) is 1. The van der Waals surface area contributed by atoms with Gasteiger partial charge in [0.2, 0.25) is 5.91 Å². The smallest absolute Gasteiger partial charge is 0.227 e. The van der Waals surface area contributed by atoms with Crippen molar-refractivity contribution in [2.45, 2.75) is 39.7 Å². The molecule has 0 N–H and O–H groups in total. The number of carbonyl (C=O) groups is 1. The van der Waals surface area contributed by atoms with Gasteiger partial charge in [0.15, 0.2) is 5.13 Å². The topological polar surface area (TPSA) is 45.7 Å². The summed E-state index contributed by atoms with van der Waals surface area (Å²) < 4.78 is 6.46. The molecule has 0 spiro atoms. The number of anilines is 1. The fourth-order valence-corrected chi connectivity index (χ4v) is 4.29. The van der Waals surface area contributed by atoms with E-state index in [-0.39, 0.29) is 11.3 Å². The summed E-state index contributed by atoms with van der Waals surface area (Å²) in [6, 6.07) is 6.34. The largest absolute Gasteiger partial charge is 0.497 e. The Morgan fingerprint density at radius 1 is 1.32 bits per heavy atom. The molecule has 5 nitrogen and oxygen atoms in total. The van der Waals surface area contributed by atoms with Crippen LogP contribution in [0.5, 0.6) is 5.75 Å². The molecule has 1 fully saturated rings. The average molecular weight is 362 g/mol. The van der Waals surface area contributed by atoms with Gasteiger partial charge in [-0.1, -0.05) is 32.1 Å². The zero-order valence-corrected chi connectivity index (χ0v) is 16.5. The van der Waals surface area contributed by atoms with Crippen molar-refractivity contribution in [2.24, 2.45) is 5.41 Å². The molecule has 0 radical (unpaired) electrons. The van der Waals surface area contributed by atoms with Gasteiger partial charge in [-0.15, -0.1) is 0 Å². The third-order valence-electron chi connectivity index (χ3n) is 4.83. The number of nitrogens with zero attached hydrogens (tertiary/aromatic N) is 3. The summed E-state index contributed by atoms with van der Waals surface area (Å²) in [6.45, 7) is 7.82. The van der Waals surface area contributed by atoms with E-state index in [1.54, 1.807) is 18.4 Å². The number of aromatic nitrogens is 1. The van der Waals surface area contributed by atoms with Gasteiger partial charge in [-0.25, -0.2) is 4.98 Å².